The minimum absolute atomic E-state index is 0.0146. The zero-order chi connectivity index (χ0) is 30.3. The predicted molar refractivity (Wildman–Crippen MR) is 163 cm³/mol. The number of hydrogen-bond donors (Lipinski definition) is 2. The first-order valence-corrected chi connectivity index (χ1v) is 15.6. The number of nitrogens with one attached hydrogen (secondary N) is 1. The number of nitrogens with zero attached hydrogens (tertiary/aromatic N) is 2. The molecule has 6 rings (SSSR count). The van der Waals surface area contributed by atoms with Gasteiger partial charge in [0.25, 0.3) is 15.9 Å². The Balaban J connectivity index is 1.51. The van der Waals surface area contributed by atoms with Crippen LogP contribution in [-0.2, 0) is 14.8 Å². The average molecular weight is 601 g/mol. The topological polar surface area (TPSA) is 147 Å². The first-order chi connectivity index (χ1) is 20.6. The molecule has 222 valence electrons. The highest BCUT2D eigenvalue weighted by atomic mass is 32.2. The van der Waals surface area contributed by atoms with Crippen LogP contribution < -0.4 is 15.2 Å². The number of para-hydroxylation sites is 1. The Morgan fingerprint density at radius 2 is 1.81 bits per heavy atom. The van der Waals surface area contributed by atoms with E-state index in [0.717, 1.165) is 29.4 Å². The van der Waals surface area contributed by atoms with Crippen molar-refractivity contribution in [1.29, 1.82) is 0 Å². The van der Waals surface area contributed by atoms with Gasteiger partial charge in [0, 0.05) is 24.2 Å². The van der Waals surface area contributed by atoms with E-state index in [1.165, 1.54) is 18.2 Å². The molecule has 1 fully saturated rings. The third-order valence-electron chi connectivity index (χ3n) is 7.94. The van der Waals surface area contributed by atoms with E-state index in [-0.39, 0.29) is 28.4 Å². The summed E-state index contributed by atoms with van der Waals surface area (Å²) in [6.45, 7) is 7.13. The SMILES string of the molecule is Cc1c(-c2cc(C(=O)NS(=O)(=O)c3cccc(N)n3)c3c(O[C@H](C)C4CCOCC4)ccc(C)c3n2)oc2ccccc12. The zero-order valence-corrected chi connectivity index (χ0v) is 24.9. The summed E-state index contributed by atoms with van der Waals surface area (Å²) in [6.07, 6.45) is 1.54. The maximum Gasteiger partial charge on any atom is 0.281 e. The van der Waals surface area contributed by atoms with Gasteiger partial charge in [0.05, 0.1) is 22.6 Å². The summed E-state index contributed by atoms with van der Waals surface area (Å²) in [5.41, 5.74) is 8.99. The largest absolute Gasteiger partial charge is 0.490 e. The molecule has 5 aromatic rings. The Kier molecular flexibility index (Phi) is 7.53. The third kappa shape index (κ3) is 5.53. The Morgan fingerprint density at radius 1 is 1.05 bits per heavy atom. The summed E-state index contributed by atoms with van der Waals surface area (Å²) in [7, 11) is -4.36. The van der Waals surface area contributed by atoms with Gasteiger partial charge < -0.3 is 19.6 Å². The van der Waals surface area contributed by atoms with Gasteiger partial charge in [-0.3, -0.25) is 4.79 Å². The lowest BCUT2D eigenvalue weighted by Gasteiger charge is -2.29. The van der Waals surface area contributed by atoms with Gasteiger partial charge in [0.15, 0.2) is 10.8 Å². The fraction of sp³-hybridized carbons (Fsp3) is 0.281. The second kappa shape index (κ2) is 11.3. The molecule has 4 heterocycles. The van der Waals surface area contributed by atoms with Crippen molar-refractivity contribution in [3.8, 4) is 17.2 Å². The minimum atomic E-state index is -4.36. The number of rotatable bonds is 7. The number of sulfonamides is 1. The van der Waals surface area contributed by atoms with Gasteiger partial charge in [0.1, 0.15) is 22.8 Å². The van der Waals surface area contributed by atoms with Crippen LogP contribution in [0, 0.1) is 19.8 Å². The number of pyridine rings is 2. The molecule has 3 N–H and O–H groups in total. The monoisotopic (exact) mass is 600 g/mol. The number of anilines is 1. The second-order valence-electron chi connectivity index (χ2n) is 10.8. The Hall–Kier alpha value is -4.48. The van der Waals surface area contributed by atoms with Crippen molar-refractivity contribution in [1.82, 2.24) is 14.7 Å². The number of ether oxygens (including phenoxy) is 2. The standard InChI is InChI=1S/C32H32N4O6S/c1-18-11-12-26(41-20(3)21-13-15-40-16-14-21)29-23(32(37)36-43(38,39)28-10-6-9-27(33)35-28)17-24(34-30(18)29)31-19(2)22-7-4-5-8-25(22)42-31/h4-12,17,20-21H,13-16H2,1-3H3,(H2,33,35)(H,36,37)/t20-/m1/s1. The number of nitrogens with two attached hydrogens (primary N) is 1. The van der Waals surface area contributed by atoms with Gasteiger partial charge in [-0.25, -0.2) is 14.7 Å². The highest BCUT2D eigenvalue weighted by Crippen LogP contribution is 2.38. The number of aryl methyl sites for hydroxylation is 2. The van der Waals surface area contributed by atoms with Crippen LogP contribution in [0.25, 0.3) is 33.3 Å². The molecule has 1 amide bonds. The molecule has 1 saturated heterocycles. The maximum absolute atomic E-state index is 13.9. The van der Waals surface area contributed by atoms with Crippen LogP contribution in [-0.4, -0.2) is 43.6 Å². The first-order valence-electron chi connectivity index (χ1n) is 14.1. The zero-order valence-electron chi connectivity index (χ0n) is 24.1. The molecule has 2 aromatic carbocycles. The van der Waals surface area contributed by atoms with Crippen LogP contribution >= 0.6 is 0 Å². The van der Waals surface area contributed by atoms with Gasteiger partial charge in [-0.1, -0.05) is 30.3 Å². The van der Waals surface area contributed by atoms with E-state index in [1.807, 2.05) is 51.1 Å². The number of hydrogen-bond acceptors (Lipinski definition) is 9. The Labute approximate surface area is 249 Å². The molecule has 0 bridgehead atoms. The van der Waals surface area contributed by atoms with E-state index >= 15 is 0 Å². The number of benzene rings is 2. The summed E-state index contributed by atoms with van der Waals surface area (Å²) in [4.78, 5) is 22.8. The van der Waals surface area contributed by atoms with Crippen molar-refractivity contribution in [2.45, 2.75) is 44.7 Å². The molecular weight excluding hydrogens is 568 g/mol. The van der Waals surface area contributed by atoms with E-state index in [1.54, 1.807) is 12.1 Å². The van der Waals surface area contributed by atoms with E-state index in [0.29, 0.717) is 46.9 Å². The van der Waals surface area contributed by atoms with Crippen LogP contribution in [0.1, 0.15) is 41.3 Å². The van der Waals surface area contributed by atoms with Crippen molar-refractivity contribution in [2.24, 2.45) is 5.92 Å². The number of furan rings is 1. The quantitative estimate of drug-likeness (QED) is 0.245. The first kappa shape index (κ1) is 28.6. The fourth-order valence-electron chi connectivity index (χ4n) is 5.55. The van der Waals surface area contributed by atoms with Crippen LogP contribution in [0.5, 0.6) is 5.75 Å². The van der Waals surface area contributed by atoms with E-state index in [9.17, 15) is 13.2 Å². The average Bonchev–Trinajstić information content (AvgIpc) is 3.34. The molecule has 0 spiro atoms. The van der Waals surface area contributed by atoms with Crippen molar-refractivity contribution < 1.29 is 27.1 Å². The van der Waals surface area contributed by atoms with Gasteiger partial charge >= 0.3 is 0 Å². The van der Waals surface area contributed by atoms with Crippen LogP contribution in [0.4, 0.5) is 5.82 Å². The molecule has 10 nitrogen and oxygen atoms in total. The van der Waals surface area contributed by atoms with Gasteiger partial charge in [0.2, 0.25) is 0 Å². The molecule has 43 heavy (non-hydrogen) atoms. The molecule has 0 unspecified atom stereocenters. The van der Waals surface area contributed by atoms with Gasteiger partial charge in [-0.05, 0) is 75.4 Å². The number of carbonyl (C=O) groups is 1. The van der Waals surface area contributed by atoms with Crippen LogP contribution in [0.2, 0.25) is 0 Å². The predicted octanol–water partition coefficient (Wildman–Crippen LogP) is 5.55. The summed E-state index contributed by atoms with van der Waals surface area (Å²) in [6, 6.07) is 17.0. The van der Waals surface area contributed by atoms with E-state index in [2.05, 4.69) is 9.71 Å². The van der Waals surface area contributed by atoms with Crippen LogP contribution in [0.15, 0.2) is 70.1 Å². The molecule has 1 aliphatic rings. The molecular formula is C32H32N4O6S. The van der Waals surface area contributed by atoms with Crippen molar-refractivity contribution in [3.05, 3.63) is 77.4 Å². The number of aromatic nitrogens is 2. The lowest BCUT2D eigenvalue weighted by Crippen LogP contribution is -2.32. The Morgan fingerprint density at radius 3 is 2.56 bits per heavy atom. The molecule has 11 heteroatoms. The minimum Gasteiger partial charge on any atom is -0.490 e. The lowest BCUT2D eigenvalue weighted by molar-refractivity contribution is 0.0243. The van der Waals surface area contributed by atoms with Crippen molar-refractivity contribution in [2.75, 3.05) is 18.9 Å². The normalized spacial score (nSPS) is 15.0. The van der Waals surface area contributed by atoms with E-state index < -0.39 is 15.9 Å². The Bertz CT molecular complexity index is 1960. The van der Waals surface area contributed by atoms with Crippen LogP contribution in [0.3, 0.4) is 0 Å². The molecule has 0 aliphatic carbocycles. The highest BCUT2D eigenvalue weighted by Gasteiger charge is 2.28. The number of carbonyl (C=O) groups excluding carboxylic acids is 1. The molecule has 0 radical (unpaired) electrons. The van der Waals surface area contributed by atoms with E-state index in [4.69, 9.17) is 24.6 Å². The number of nitrogen functional groups attached to an aromatic ring is 1. The number of amides is 1. The lowest BCUT2D eigenvalue weighted by atomic mass is 9.94. The van der Waals surface area contributed by atoms with Gasteiger partial charge in [-0.2, -0.15) is 8.42 Å². The fourth-order valence-corrected chi connectivity index (χ4v) is 6.49. The summed E-state index contributed by atoms with van der Waals surface area (Å²) < 4.78 is 46.8. The summed E-state index contributed by atoms with van der Waals surface area (Å²) in [5, 5.41) is 0.956. The molecule has 1 atom stereocenters. The third-order valence-corrected chi connectivity index (χ3v) is 9.17. The second-order valence-corrected chi connectivity index (χ2v) is 12.4. The molecule has 0 saturated carbocycles. The molecule has 3 aromatic heterocycles. The van der Waals surface area contributed by atoms with Gasteiger partial charge in [-0.15, -0.1) is 0 Å². The van der Waals surface area contributed by atoms with Crippen molar-refractivity contribution in [3.63, 3.8) is 0 Å². The maximum atomic E-state index is 13.9. The number of fused-ring (bicyclic) bond motifs is 2. The summed E-state index contributed by atoms with van der Waals surface area (Å²) >= 11 is 0. The molecule has 1 aliphatic heterocycles. The van der Waals surface area contributed by atoms with Crippen molar-refractivity contribution >= 4 is 43.6 Å². The highest BCUT2D eigenvalue weighted by molar-refractivity contribution is 7.90. The summed E-state index contributed by atoms with van der Waals surface area (Å²) in [5.74, 6) is 0.341. The smallest absolute Gasteiger partial charge is 0.281 e.